The van der Waals surface area contributed by atoms with E-state index in [1.165, 1.54) is 4.90 Å². The molecule has 2 aromatic rings. The Morgan fingerprint density at radius 3 is 2.65 bits per heavy atom. The fraction of sp³-hybridized carbons (Fsp3) is 0.333. The van der Waals surface area contributed by atoms with Crippen LogP contribution < -0.4 is 0 Å². The molecule has 106 valence electrons. The first kappa shape index (κ1) is 15.8. The quantitative estimate of drug-likeness (QED) is 0.515. The summed E-state index contributed by atoms with van der Waals surface area (Å²) in [6.45, 7) is 6.21. The summed E-state index contributed by atoms with van der Waals surface area (Å²) in [7, 11) is 0. The predicted molar refractivity (Wildman–Crippen MR) is 89.6 cm³/mol. The van der Waals surface area contributed by atoms with Crippen molar-refractivity contribution in [1.82, 2.24) is 9.97 Å². The molecule has 0 radical (unpaired) electrons. The monoisotopic (exact) mass is 370 g/mol. The Hall–Kier alpha value is -0.580. The molecule has 1 aromatic carbocycles. The number of nitrogens with zero attached hydrogens (tertiary/aromatic N) is 2. The van der Waals surface area contributed by atoms with Gasteiger partial charge in [0.05, 0.1) is 5.75 Å². The van der Waals surface area contributed by atoms with Gasteiger partial charge >= 0.3 is 0 Å². The van der Waals surface area contributed by atoms with Crippen LogP contribution in [-0.4, -0.2) is 9.97 Å². The summed E-state index contributed by atoms with van der Waals surface area (Å²) in [5, 5.41) is 0.581. The molecule has 1 heterocycles. The van der Waals surface area contributed by atoms with Crippen LogP contribution in [0.5, 0.6) is 0 Å². The fourth-order valence-corrected chi connectivity index (χ4v) is 3.84. The number of halogens is 2. The number of rotatable bonds is 4. The van der Waals surface area contributed by atoms with Crippen molar-refractivity contribution in [3.05, 3.63) is 51.0 Å². The zero-order valence-corrected chi connectivity index (χ0v) is 14.8. The average Bonchev–Trinajstić information content (AvgIpc) is 2.35. The zero-order valence-electron chi connectivity index (χ0n) is 11.7. The zero-order chi connectivity index (χ0) is 14.7. The second-order valence-electron chi connectivity index (χ2n) is 4.83. The molecule has 20 heavy (non-hydrogen) atoms. The van der Waals surface area contributed by atoms with Crippen LogP contribution in [0.15, 0.2) is 33.6 Å². The average molecular weight is 372 g/mol. The van der Waals surface area contributed by atoms with E-state index >= 15 is 0 Å². The van der Waals surface area contributed by atoms with Crippen LogP contribution in [0.4, 0.5) is 0 Å². The molecule has 0 saturated carbocycles. The fourth-order valence-electron chi connectivity index (χ4n) is 2.03. The van der Waals surface area contributed by atoms with Gasteiger partial charge in [-0.05, 0) is 31.0 Å². The lowest BCUT2D eigenvalue weighted by atomic mass is 10.0. The van der Waals surface area contributed by atoms with Crippen LogP contribution in [0.25, 0.3) is 0 Å². The third-order valence-corrected chi connectivity index (χ3v) is 4.65. The number of hydrogen-bond donors (Lipinski definition) is 0. The smallest absolute Gasteiger partial charge is 0.140 e. The molecule has 0 aliphatic carbocycles. The second-order valence-corrected chi connectivity index (χ2v) is 7.15. The van der Waals surface area contributed by atoms with Gasteiger partial charge in [-0.15, -0.1) is 11.8 Å². The van der Waals surface area contributed by atoms with Gasteiger partial charge in [-0.1, -0.05) is 47.4 Å². The Morgan fingerprint density at radius 2 is 2.05 bits per heavy atom. The summed E-state index contributed by atoms with van der Waals surface area (Å²) in [6.07, 6.45) is 0. The molecule has 2 rings (SSSR count). The Labute approximate surface area is 137 Å². The molecular formula is C15H16BrClN2S. The van der Waals surface area contributed by atoms with Crippen molar-refractivity contribution >= 4 is 39.3 Å². The van der Waals surface area contributed by atoms with Gasteiger partial charge in [0.2, 0.25) is 0 Å². The Bertz CT molecular complexity index is 594. The van der Waals surface area contributed by atoms with E-state index in [-0.39, 0.29) is 0 Å². The molecule has 0 saturated heterocycles. The van der Waals surface area contributed by atoms with Crippen molar-refractivity contribution in [2.24, 2.45) is 0 Å². The minimum atomic E-state index is 0.342. The summed E-state index contributed by atoms with van der Waals surface area (Å²) in [6, 6.07) is 8.19. The standard InChI is InChI=1S/C15H16BrClN2S/c1-9(2)14-10(3)18-13(19-15(14)17)8-20-12-6-4-5-11(16)7-12/h4-7,9H,8H2,1-3H3. The highest BCUT2D eigenvalue weighted by Gasteiger charge is 2.13. The molecule has 0 fully saturated rings. The van der Waals surface area contributed by atoms with Crippen LogP contribution in [0.2, 0.25) is 5.15 Å². The van der Waals surface area contributed by atoms with Gasteiger partial charge in [-0.3, -0.25) is 0 Å². The maximum atomic E-state index is 6.27. The summed E-state index contributed by atoms with van der Waals surface area (Å²) in [5.41, 5.74) is 2.02. The molecular weight excluding hydrogens is 356 g/mol. The van der Waals surface area contributed by atoms with Crippen molar-refractivity contribution in [3.63, 3.8) is 0 Å². The number of thioether (sulfide) groups is 1. The van der Waals surface area contributed by atoms with Gasteiger partial charge in [-0.25, -0.2) is 9.97 Å². The van der Waals surface area contributed by atoms with Gasteiger partial charge in [0, 0.05) is 20.6 Å². The van der Waals surface area contributed by atoms with Gasteiger partial charge in [-0.2, -0.15) is 0 Å². The molecule has 0 atom stereocenters. The summed E-state index contributed by atoms with van der Waals surface area (Å²) < 4.78 is 1.08. The van der Waals surface area contributed by atoms with Crippen molar-refractivity contribution in [2.75, 3.05) is 0 Å². The van der Waals surface area contributed by atoms with Crippen molar-refractivity contribution < 1.29 is 0 Å². The molecule has 0 bridgehead atoms. The van der Waals surface area contributed by atoms with Crippen molar-refractivity contribution in [1.29, 1.82) is 0 Å². The highest BCUT2D eigenvalue weighted by atomic mass is 79.9. The van der Waals surface area contributed by atoms with Crippen LogP contribution in [0, 0.1) is 6.92 Å². The summed E-state index contributed by atoms with van der Waals surface area (Å²) in [5.74, 6) is 1.84. The molecule has 0 aliphatic heterocycles. The first-order valence-electron chi connectivity index (χ1n) is 6.38. The highest BCUT2D eigenvalue weighted by molar-refractivity contribution is 9.10. The third-order valence-electron chi connectivity index (χ3n) is 2.88. The molecule has 0 unspecified atom stereocenters. The van der Waals surface area contributed by atoms with Gasteiger partial charge < -0.3 is 0 Å². The van der Waals surface area contributed by atoms with E-state index in [2.05, 4.69) is 51.9 Å². The third kappa shape index (κ3) is 3.96. The summed E-state index contributed by atoms with van der Waals surface area (Å²) >= 11 is 11.4. The lowest BCUT2D eigenvalue weighted by Crippen LogP contribution is -2.03. The van der Waals surface area contributed by atoms with Crippen molar-refractivity contribution in [2.45, 2.75) is 37.3 Å². The number of aryl methyl sites for hydroxylation is 1. The first-order valence-corrected chi connectivity index (χ1v) is 8.54. The SMILES string of the molecule is Cc1nc(CSc2cccc(Br)c2)nc(Cl)c1C(C)C. The van der Waals surface area contributed by atoms with Gasteiger partial charge in [0.1, 0.15) is 11.0 Å². The molecule has 0 N–H and O–H groups in total. The molecule has 2 nitrogen and oxygen atoms in total. The van der Waals surface area contributed by atoms with Crippen LogP contribution >= 0.6 is 39.3 Å². The predicted octanol–water partition coefficient (Wildman–Crippen LogP) is 5.62. The summed E-state index contributed by atoms with van der Waals surface area (Å²) in [4.78, 5) is 10.2. The Morgan fingerprint density at radius 1 is 1.30 bits per heavy atom. The maximum Gasteiger partial charge on any atom is 0.140 e. The molecule has 0 amide bonds. The van der Waals surface area contributed by atoms with E-state index in [0.29, 0.717) is 11.1 Å². The second kappa shape index (κ2) is 6.92. The van der Waals surface area contributed by atoms with E-state index in [1.807, 2.05) is 19.1 Å². The van der Waals surface area contributed by atoms with Crippen LogP contribution in [0.3, 0.4) is 0 Å². The molecule has 1 aromatic heterocycles. The van der Waals surface area contributed by atoms with E-state index in [9.17, 15) is 0 Å². The van der Waals surface area contributed by atoms with E-state index in [1.54, 1.807) is 11.8 Å². The van der Waals surface area contributed by atoms with Gasteiger partial charge in [0.15, 0.2) is 0 Å². The van der Waals surface area contributed by atoms with Gasteiger partial charge in [0.25, 0.3) is 0 Å². The molecule has 0 spiro atoms. The number of benzene rings is 1. The van der Waals surface area contributed by atoms with E-state index < -0.39 is 0 Å². The number of aromatic nitrogens is 2. The van der Waals surface area contributed by atoms with Crippen LogP contribution in [-0.2, 0) is 5.75 Å². The van der Waals surface area contributed by atoms with E-state index in [0.717, 1.165) is 27.3 Å². The minimum Gasteiger partial charge on any atom is -0.237 e. The maximum absolute atomic E-state index is 6.27. The molecule has 5 heteroatoms. The lowest BCUT2D eigenvalue weighted by Gasteiger charge is -2.12. The first-order chi connectivity index (χ1) is 9.47. The minimum absolute atomic E-state index is 0.342. The topological polar surface area (TPSA) is 25.8 Å². The van der Waals surface area contributed by atoms with E-state index in [4.69, 9.17) is 11.6 Å². The van der Waals surface area contributed by atoms with Crippen LogP contribution in [0.1, 0.15) is 36.8 Å². The highest BCUT2D eigenvalue weighted by Crippen LogP contribution is 2.28. The normalized spacial score (nSPS) is 11.1. The number of hydrogen-bond acceptors (Lipinski definition) is 3. The largest absolute Gasteiger partial charge is 0.237 e. The Balaban J connectivity index is 2.15. The lowest BCUT2D eigenvalue weighted by molar-refractivity contribution is 0.817. The molecule has 0 aliphatic rings. The van der Waals surface area contributed by atoms with Crippen molar-refractivity contribution in [3.8, 4) is 0 Å². The Kier molecular flexibility index (Phi) is 5.47.